The molecule has 0 bridgehead atoms. The zero-order valence-corrected chi connectivity index (χ0v) is 32.1. The first-order chi connectivity index (χ1) is 28.7. The first kappa shape index (κ1) is 32.8. The van der Waals surface area contributed by atoms with Gasteiger partial charge in [0.15, 0.2) is 0 Å². The Bertz CT molecular complexity index is 3470. The van der Waals surface area contributed by atoms with Gasteiger partial charge in [0, 0.05) is 49.3 Å². The van der Waals surface area contributed by atoms with E-state index in [9.17, 15) is 0 Å². The number of hydrogen-bond donors (Lipinski definition) is 0. The van der Waals surface area contributed by atoms with Crippen molar-refractivity contribution in [2.45, 2.75) is 13.3 Å². The Hall–Kier alpha value is -7.36. The summed E-state index contributed by atoms with van der Waals surface area (Å²) in [7, 11) is 0. The summed E-state index contributed by atoms with van der Waals surface area (Å²) in [4.78, 5) is 0. The molecule has 0 saturated carbocycles. The molecule has 1 atom stereocenters. The van der Waals surface area contributed by atoms with E-state index in [0.29, 0.717) is 5.92 Å². The second kappa shape index (κ2) is 12.8. The van der Waals surface area contributed by atoms with Crippen LogP contribution in [0.4, 0.5) is 0 Å². The van der Waals surface area contributed by atoms with E-state index in [1.165, 1.54) is 71.6 Å². The second-order valence-electron chi connectivity index (χ2n) is 15.8. The molecule has 11 aromatic rings. The first-order valence-corrected chi connectivity index (χ1v) is 20.2. The van der Waals surface area contributed by atoms with E-state index in [1.807, 2.05) is 6.07 Å². The second-order valence-corrected chi connectivity index (χ2v) is 15.8. The third-order valence-electron chi connectivity index (χ3n) is 12.3. The number of benzene rings is 8. The molecule has 3 aromatic heterocycles. The fraction of sp³-hybridized carbons (Fsp3) is 0.0545. The highest BCUT2D eigenvalue weighted by Crippen LogP contribution is 2.44. The number of allylic oxidation sites excluding steroid dienone is 4. The van der Waals surface area contributed by atoms with Crippen molar-refractivity contribution < 1.29 is 4.42 Å². The molecule has 0 radical (unpaired) electrons. The van der Waals surface area contributed by atoms with Crippen LogP contribution >= 0.6 is 0 Å². The van der Waals surface area contributed by atoms with E-state index in [2.05, 4.69) is 204 Å². The molecule has 0 N–H and O–H groups in total. The lowest BCUT2D eigenvalue weighted by Crippen LogP contribution is -2.02. The van der Waals surface area contributed by atoms with Crippen molar-refractivity contribution in [3.05, 3.63) is 194 Å². The van der Waals surface area contributed by atoms with E-state index < -0.39 is 0 Å². The van der Waals surface area contributed by atoms with Crippen LogP contribution in [0.25, 0.3) is 110 Å². The van der Waals surface area contributed by atoms with Gasteiger partial charge in [0.25, 0.3) is 0 Å². The van der Waals surface area contributed by atoms with Gasteiger partial charge in [0.1, 0.15) is 11.2 Å². The van der Waals surface area contributed by atoms with E-state index in [-0.39, 0.29) is 0 Å². The maximum absolute atomic E-state index is 6.48. The van der Waals surface area contributed by atoms with E-state index in [4.69, 9.17) is 4.42 Å². The molecule has 1 aliphatic carbocycles. The van der Waals surface area contributed by atoms with Gasteiger partial charge in [-0.25, -0.2) is 0 Å². The molecule has 3 nitrogen and oxygen atoms in total. The fourth-order valence-electron chi connectivity index (χ4n) is 9.40. The Labute approximate surface area is 336 Å². The van der Waals surface area contributed by atoms with Crippen LogP contribution in [0.15, 0.2) is 199 Å². The van der Waals surface area contributed by atoms with Gasteiger partial charge in [-0.05, 0) is 88.7 Å². The van der Waals surface area contributed by atoms with Crippen LogP contribution in [0, 0.1) is 5.92 Å². The van der Waals surface area contributed by atoms with Gasteiger partial charge < -0.3 is 13.6 Å². The van der Waals surface area contributed by atoms with Crippen molar-refractivity contribution in [1.82, 2.24) is 9.13 Å². The van der Waals surface area contributed by atoms with Gasteiger partial charge in [-0.3, -0.25) is 0 Å². The van der Waals surface area contributed by atoms with E-state index in [1.54, 1.807) is 0 Å². The molecule has 58 heavy (non-hydrogen) atoms. The fourth-order valence-corrected chi connectivity index (χ4v) is 9.40. The number of nitrogens with zero attached hydrogens (tertiary/aromatic N) is 2. The summed E-state index contributed by atoms with van der Waals surface area (Å²) in [5.41, 5.74) is 16.1. The highest BCUT2D eigenvalue weighted by atomic mass is 16.3. The molecule has 0 saturated heterocycles. The molecule has 8 aromatic carbocycles. The average Bonchev–Trinajstić information content (AvgIpc) is 3.95. The van der Waals surface area contributed by atoms with Crippen molar-refractivity contribution in [2.24, 2.45) is 5.92 Å². The molecule has 3 heteroatoms. The van der Waals surface area contributed by atoms with E-state index >= 15 is 0 Å². The highest BCUT2D eigenvalue weighted by molar-refractivity contribution is 6.25. The molecule has 12 rings (SSSR count). The van der Waals surface area contributed by atoms with Crippen LogP contribution in [0.3, 0.4) is 0 Å². The minimum absolute atomic E-state index is 0.508. The summed E-state index contributed by atoms with van der Waals surface area (Å²) in [6.07, 6.45) is 8.11. The number of rotatable bonds is 5. The van der Waals surface area contributed by atoms with Crippen LogP contribution < -0.4 is 0 Å². The average molecular weight is 743 g/mol. The predicted molar refractivity (Wildman–Crippen MR) is 245 cm³/mol. The van der Waals surface area contributed by atoms with Crippen LogP contribution in [-0.4, -0.2) is 9.13 Å². The molecule has 0 aliphatic heterocycles. The summed E-state index contributed by atoms with van der Waals surface area (Å²) in [6, 6.07) is 64.0. The quantitative estimate of drug-likeness (QED) is 0.172. The SMILES string of the molecule is CC1C=CC(n2c3ccc(-c4ccccc4)cc3c3ccc4c5cc(-c6ccccc6)ccc5n(-c5ccc(-c6cccc7c6oc6ccccc67)cc5)c4c32)=CC1. The summed E-state index contributed by atoms with van der Waals surface area (Å²) >= 11 is 0. The Morgan fingerprint density at radius 1 is 0.466 bits per heavy atom. The Kier molecular flexibility index (Phi) is 7.27. The number of aromatic nitrogens is 2. The lowest BCUT2D eigenvalue weighted by Gasteiger charge is -2.17. The van der Waals surface area contributed by atoms with E-state index in [0.717, 1.165) is 45.2 Å². The Balaban J connectivity index is 1.15. The lowest BCUT2D eigenvalue weighted by molar-refractivity contribution is 0.670. The molecule has 0 fully saturated rings. The topological polar surface area (TPSA) is 23.0 Å². The molecular weight excluding hydrogens is 705 g/mol. The van der Waals surface area contributed by atoms with Crippen LogP contribution in [0.2, 0.25) is 0 Å². The first-order valence-electron chi connectivity index (χ1n) is 20.2. The molecule has 0 spiro atoms. The normalized spacial score (nSPS) is 14.4. The molecule has 1 unspecified atom stereocenters. The highest BCUT2D eigenvalue weighted by Gasteiger charge is 2.23. The standard InChI is InChI=1S/C55H38N2O/c1-35-19-25-41(26-20-35)56-50-31-23-39(36-11-4-2-5-12-36)33-48(50)45-29-30-46-49-34-40(37-13-6-3-7-14-37)24-32-51(49)57(54(46)53(45)56)42-27-21-38(22-28-42)43-16-10-17-47-44-15-8-9-18-52(44)58-55(43)47/h2-19,21-35H,20H2,1H3. The van der Waals surface area contributed by atoms with Crippen molar-refractivity contribution >= 4 is 71.2 Å². The smallest absolute Gasteiger partial charge is 0.143 e. The molecule has 1 aliphatic rings. The third-order valence-corrected chi connectivity index (χ3v) is 12.3. The zero-order valence-electron chi connectivity index (χ0n) is 32.1. The summed E-state index contributed by atoms with van der Waals surface area (Å²) in [6.45, 7) is 2.29. The molecule has 3 heterocycles. The Morgan fingerprint density at radius 3 is 1.71 bits per heavy atom. The molecule has 0 amide bonds. The monoisotopic (exact) mass is 742 g/mol. The number of furan rings is 1. The Morgan fingerprint density at radius 2 is 1.05 bits per heavy atom. The lowest BCUT2D eigenvalue weighted by atomic mass is 10.0. The minimum atomic E-state index is 0.508. The van der Waals surface area contributed by atoms with Crippen molar-refractivity contribution in [1.29, 1.82) is 0 Å². The van der Waals surface area contributed by atoms with Gasteiger partial charge >= 0.3 is 0 Å². The van der Waals surface area contributed by atoms with Crippen molar-refractivity contribution in [2.75, 3.05) is 0 Å². The number of fused-ring (bicyclic) bond motifs is 10. The summed E-state index contributed by atoms with van der Waals surface area (Å²) in [5.74, 6) is 0.508. The van der Waals surface area contributed by atoms with Crippen LogP contribution in [0.1, 0.15) is 13.3 Å². The summed E-state index contributed by atoms with van der Waals surface area (Å²) < 4.78 is 11.5. The maximum atomic E-state index is 6.48. The number of hydrogen-bond acceptors (Lipinski definition) is 1. The minimum Gasteiger partial charge on any atom is -0.455 e. The third kappa shape index (κ3) is 5.00. The van der Waals surface area contributed by atoms with Gasteiger partial charge in [-0.15, -0.1) is 0 Å². The molecule has 274 valence electrons. The van der Waals surface area contributed by atoms with Gasteiger partial charge in [0.2, 0.25) is 0 Å². The largest absolute Gasteiger partial charge is 0.455 e. The van der Waals surface area contributed by atoms with Crippen LogP contribution in [0.5, 0.6) is 0 Å². The summed E-state index contributed by atoms with van der Waals surface area (Å²) in [5, 5.41) is 7.25. The van der Waals surface area contributed by atoms with Gasteiger partial charge in [-0.2, -0.15) is 0 Å². The number of para-hydroxylation sites is 2. The van der Waals surface area contributed by atoms with Crippen molar-refractivity contribution in [3.63, 3.8) is 0 Å². The van der Waals surface area contributed by atoms with Gasteiger partial charge in [-0.1, -0.05) is 153 Å². The van der Waals surface area contributed by atoms with Gasteiger partial charge in [0.05, 0.1) is 22.1 Å². The van der Waals surface area contributed by atoms with Crippen molar-refractivity contribution in [3.8, 4) is 39.1 Å². The molecular formula is C55H38N2O. The maximum Gasteiger partial charge on any atom is 0.143 e. The van der Waals surface area contributed by atoms with Crippen LogP contribution in [-0.2, 0) is 0 Å². The predicted octanol–water partition coefficient (Wildman–Crippen LogP) is 15.2. The zero-order chi connectivity index (χ0) is 38.3.